The van der Waals surface area contributed by atoms with Crippen LogP contribution in [0.1, 0.15) is 13.3 Å². The Hall–Kier alpha value is 0.243. The largest absolute Gasteiger partial charge is 0.396 e. The first kappa shape index (κ1) is 18.6. The Kier molecular flexibility index (Phi) is 13.6. The molecule has 0 heterocycles. The molecule has 0 saturated carbocycles. The van der Waals surface area contributed by atoms with Gasteiger partial charge in [-0.3, -0.25) is 0 Å². The second-order valence-electron chi connectivity index (χ2n) is 3.62. The molecule has 0 aliphatic carbocycles. The molecule has 0 saturated heterocycles. The Morgan fingerprint density at radius 3 is 1.81 bits per heavy atom. The summed E-state index contributed by atoms with van der Waals surface area (Å²) in [7, 11) is 0. The van der Waals surface area contributed by atoms with Crippen molar-refractivity contribution in [3.63, 3.8) is 0 Å². The average molecular weight is 306 g/mol. The van der Waals surface area contributed by atoms with Crippen molar-refractivity contribution >= 4 is 0 Å². The molecule has 0 fully saturated rings. The molecule has 0 aromatic carbocycles. The molecule has 0 aromatic heterocycles. The van der Waals surface area contributed by atoms with E-state index in [0.717, 1.165) is 6.42 Å². The van der Waals surface area contributed by atoms with Gasteiger partial charge in [-0.25, -0.2) is 0 Å². The summed E-state index contributed by atoms with van der Waals surface area (Å²) in [6, 6.07) is 0. The molecule has 0 bridgehead atoms. The first-order valence-corrected chi connectivity index (χ1v) is 5.23. The molecule has 1 N–H and O–H groups in total. The number of aliphatic hydroxyl groups excluding tert-OH is 1. The van der Waals surface area contributed by atoms with E-state index >= 15 is 0 Å². The van der Waals surface area contributed by atoms with Crippen molar-refractivity contribution < 1.29 is 40.8 Å². The Morgan fingerprint density at radius 1 is 1.12 bits per heavy atom. The van der Waals surface area contributed by atoms with Gasteiger partial charge in [0, 0.05) is 31.6 Å². The molecule has 0 atom stereocenters. The first-order chi connectivity index (χ1) is 7.24. The molecule has 0 aromatic rings. The fourth-order valence-electron chi connectivity index (χ4n) is 1.17. The van der Waals surface area contributed by atoms with E-state index in [9.17, 15) is 5.11 Å². The molecular weight excluding hydrogens is 283 g/mol. The number of hydrogen-bond acceptors (Lipinski definition) is 3. The summed E-state index contributed by atoms with van der Waals surface area (Å²) >= 11 is 0. The van der Waals surface area contributed by atoms with E-state index < -0.39 is 0 Å². The summed E-state index contributed by atoms with van der Waals surface area (Å²) in [6.45, 7) is 11.2. The van der Waals surface area contributed by atoms with Gasteiger partial charge in [-0.1, -0.05) is 19.1 Å². The van der Waals surface area contributed by atoms with Gasteiger partial charge in [-0.15, -0.1) is 13.2 Å². The quantitative estimate of drug-likeness (QED) is 0.494. The summed E-state index contributed by atoms with van der Waals surface area (Å²) < 4.78 is 10.8. The SMILES string of the molecule is C=CCOCC(CC)(CO)COCC=C.[Zr]. The van der Waals surface area contributed by atoms with E-state index in [4.69, 9.17) is 9.47 Å². The Morgan fingerprint density at radius 2 is 1.56 bits per heavy atom. The van der Waals surface area contributed by atoms with Gasteiger partial charge >= 0.3 is 0 Å². The van der Waals surface area contributed by atoms with Gasteiger partial charge < -0.3 is 14.6 Å². The second-order valence-corrected chi connectivity index (χ2v) is 3.62. The van der Waals surface area contributed by atoms with Crippen LogP contribution in [0.2, 0.25) is 0 Å². The number of rotatable bonds is 10. The van der Waals surface area contributed by atoms with E-state index in [1.807, 2.05) is 6.92 Å². The van der Waals surface area contributed by atoms with Crippen LogP contribution in [0, 0.1) is 5.41 Å². The third kappa shape index (κ3) is 7.51. The minimum absolute atomic E-state index is 0. The summed E-state index contributed by atoms with van der Waals surface area (Å²) in [5.41, 5.74) is -0.300. The third-order valence-electron chi connectivity index (χ3n) is 2.37. The first-order valence-electron chi connectivity index (χ1n) is 5.23. The Bertz CT molecular complexity index is 163. The van der Waals surface area contributed by atoms with Crippen LogP contribution in [0.5, 0.6) is 0 Å². The third-order valence-corrected chi connectivity index (χ3v) is 2.37. The fourth-order valence-corrected chi connectivity index (χ4v) is 1.17. The van der Waals surface area contributed by atoms with Gasteiger partial charge in [0.25, 0.3) is 0 Å². The van der Waals surface area contributed by atoms with E-state index in [0.29, 0.717) is 26.4 Å². The van der Waals surface area contributed by atoms with Crippen LogP contribution in [0.4, 0.5) is 0 Å². The van der Waals surface area contributed by atoms with Gasteiger partial charge in [-0.05, 0) is 6.42 Å². The van der Waals surface area contributed by atoms with Crippen LogP contribution >= 0.6 is 0 Å². The van der Waals surface area contributed by atoms with Crippen molar-refractivity contribution in [2.75, 3.05) is 33.0 Å². The number of ether oxygens (including phenoxy) is 2. The maximum atomic E-state index is 9.36. The minimum Gasteiger partial charge on any atom is -0.396 e. The van der Waals surface area contributed by atoms with Crippen LogP contribution in [-0.4, -0.2) is 38.1 Å². The average Bonchev–Trinajstić information content (AvgIpc) is 2.28. The molecule has 0 spiro atoms. The minimum atomic E-state index is -0.300. The monoisotopic (exact) mass is 304 g/mol. The zero-order valence-electron chi connectivity index (χ0n) is 10.1. The predicted octanol–water partition coefficient (Wildman–Crippen LogP) is 1.78. The van der Waals surface area contributed by atoms with E-state index in [1.54, 1.807) is 12.2 Å². The van der Waals surface area contributed by atoms with Crippen molar-refractivity contribution in [1.29, 1.82) is 0 Å². The van der Waals surface area contributed by atoms with E-state index in [1.165, 1.54) is 0 Å². The van der Waals surface area contributed by atoms with Gasteiger partial charge in [0.05, 0.1) is 33.0 Å². The van der Waals surface area contributed by atoms with Crippen molar-refractivity contribution in [2.45, 2.75) is 13.3 Å². The van der Waals surface area contributed by atoms with Crippen LogP contribution in [-0.2, 0) is 35.7 Å². The molecule has 16 heavy (non-hydrogen) atoms. The molecule has 0 amide bonds. The Balaban J connectivity index is 0. The van der Waals surface area contributed by atoms with Crippen LogP contribution in [0.3, 0.4) is 0 Å². The topological polar surface area (TPSA) is 38.7 Å². The summed E-state index contributed by atoms with van der Waals surface area (Å²) in [6.07, 6.45) is 4.21. The molecule has 3 nitrogen and oxygen atoms in total. The molecule has 0 rings (SSSR count). The molecule has 0 radical (unpaired) electrons. The van der Waals surface area contributed by atoms with E-state index in [2.05, 4.69) is 13.2 Å². The Labute approximate surface area is 118 Å². The van der Waals surface area contributed by atoms with Crippen LogP contribution in [0.25, 0.3) is 0 Å². The van der Waals surface area contributed by atoms with Crippen molar-refractivity contribution in [1.82, 2.24) is 0 Å². The predicted molar refractivity (Wildman–Crippen MR) is 61.8 cm³/mol. The van der Waals surface area contributed by atoms with Crippen molar-refractivity contribution in [3.05, 3.63) is 25.3 Å². The van der Waals surface area contributed by atoms with Gasteiger partial charge in [-0.2, -0.15) is 0 Å². The second kappa shape index (κ2) is 11.7. The molecule has 4 heteroatoms. The van der Waals surface area contributed by atoms with Gasteiger partial charge in [0.2, 0.25) is 0 Å². The number of hydrogen-bond donors (Lipinski definition) is 1. The smallest absolute Gasteiger partial charge is 0.0645 e. The summed E-state index contributed by atoms with van der Waals surface area (Å²) in [5.74, 6) is 0. The van der Waals surface area contributed by atoms with Crippen molar-refractivity contribution in [2.24, 2.45) is 5.41 Å². The van der Waals surface area contributed by atoms with Crippen LogP contribution in [0.15, 0.2) is 25.3 Å². The van der Waals surface area contributed by atoms with Crippen molar-refractivity contribution in [3.8, 4) is 0 Å². The molecule has 92 valence electrons. The fraction of sp³-hybridized carbons (Fsp3) is 0.667. The zero-order chi connectivity index (χ0) is 11.6. The maximum absolute atomic E-state index is 9.36. The van der Waals surface area contributed by atoms with Crippen LogP contribution < -0.4 is 0 Å². The van der Waals surface area contributed by atoms with E-state index in [-0.39, 0.29) is 38.2 Å². The van der Waals surface area contributed by atoms with Gasteiger partial charge in [0.15, 0.2) is 0 Å². The molecule has 0 aliphatic heterocycles. The zero-order valence-corrected chi connectivity index (χ0v) is 12.5. The maximum Gasteiger partial charge on any atom is 0.0645 e. The number of aliphatic hydroxyl groups is 1. The van der Waals surface area contributed by atoms with Gasteiger partial charge in [0.1, 0.15) is 0 Å². The molecule has 0 unspecified atom stereocenters. The molecule has 0 aliphatic rings. The standard InChI is InChI=1S/C12H22O3.Zr/c1-4-7-14-10-12(6-3,9-13)11-15-8-5-2;/h4-5,13H,1-2,6-11H2,3H3;. The summed E-state index contributed by atoms with van der Waals surface area (Å²) in [4.78, 5) is 0. The summed E-state index contributed by atoms with van der Waals surface area (Å²) in [5, 5.41) is 9.36. The molecular formula is C12H22O3Zr. The normalized spacial score (nSPS) is 10.6.